The number of nitrogens with zero attached hydrogens (tertiary/aromatic N) is 2. The van der Waals surface area contributed by atoms with Crippen molar-refractivity contribution in [3.63, 3.8) is 0 Å². The van der Waals surface area contributed by atoms with Crippen LogP contribution in [0.15, 0.2) is 0 Å². The maximum Gasteiger partial charge on any atom is 1.00 e. The molecule has 0 saturated heterocycles. The Hall–Kier alpha value is -0.0900. The maximum absolute atomic E-state index is 10.5. The number of carbonyl (C=O) groups is 4. The van der Waals surface area contributed by atoms with Gasteiger partial charge in [-0.1, -0.05) is 0 Å². The van der Waals surface area contributed by atoms with E-state index in [0.717, 1.165) is 9.80 Å². The molecular weight excluding hydrogens is 417 g/mol. The van der Waals surface area contributed by atoms with Gasteiger partial charge in [-0.3, -0.25) is 19.4 Å². The van der Waals surface area contributed by atoms with Gasteiger partial charge in [0.25, 0.3) is 0 Å². The molecule has 17 heteroatoms. The summed E-state index contributed by atoms with van der Waals surface area (Å²) in [6.07, 6.45) is 0. The third-order valence-corrected chi connectivity index (χ3v) is 2.16. The molecule has 0 radical (unpaired) electrons. The predicted octanol–water partition coefficient (Wildman–Crippen LogP) is -11.2. The molecule has 0 saturated carbocycles. The molecule has 0 amide bonds. The first-order valence-corrected chi connectivity index (χ1v) is 7.83. The average Bonchev–Trinajstić information content (AvgIpc) is 2.30. The molecule has 27 heavy (non-hydrogen) atoms. The Labute approximate surface area is 203 Å². The van der Waals surface area contributed by atoms with Crippen molar-refractivity contribution in [2.24, 2.45) is 0 Å². The molecule has 0 unspecified atom stereocenters. The molecule has 14 nitrogen and oxygen atoms in total. The van der Waals surface area contributed by atoms with Gasteiger partial charge in [-0.25, -0.2) is 4.57 Å². The van der Waals surface area contributed by atoms with Gasteiger partial charge in [0.1, 0.15) is 0 Å². The molecule has 0 aromatic carbocycles. The van der Waals surface area contributed by atoms with Crippen molar-refractivity contribution in [3.8, 4) is 0 Å². The van der Waals surface area contributed by atoms with Crippen LogP contribution in [0.5, 0.6) is 0 Å². The minimum Gasteiger partial charge on any atom is -1.00 e. The molecule has 0 aromatic heterocycles. The van der Waals surface area contributed by atoms with Crippen LogP contribution in [0.25, 0.3) is 0 Å². The summed E-state index contributed by atoms with van der Waals surface area (Å²) in [5, 5.41) is 38.0. The van der Waals surface area contributed by atoms with Crippen LogP contribution in [0.4, 0.5) is 0 Å². The van der Waals surface area contributed by atoms with Crippen LogP contribution in [0.3, 0.4) is 0 Å². The standard InChI is InChI=1S/C10H16N2O8.2Na.H3O4P.2H/c13-7(14)3-11(4-8(15)16)1-2-12(5-9(17)18)6-10(19)20;;;1-5(2,3)4;;/h1-6H2,(H,13,14)(H,15,16)(H,17,18)(H,19,20);;;(H3,1,2,3,4);;/q;2*+1;;2*-1. The molecule has 0 aliphatic heterocycles. The zero-order valence-electron chi connectivity index (χ0n) is 18.7. The van der Waals surface area contributed by atoms with E-state index in [2.05, 4.69) is 0 Å². The Balaban J connectivity index is -0.0000000721. The topological polar surface area (TPSA) is 239 Å². The smallest absolute Gasteiger partial charge is 1.00 e. The number of carboxylic acids is 4. The Kier molecular flexibility index (Phi) is 22.9. The van der Waals surface area contributed by atoms with Gasteiger partial charge >= 0.3 is 81.7 Å². The maximum atomic E-state index is 10.5. The van der Waals surface area contributed by atoms with Crippen LogP contribution in [0.1, 0.15) is 5.71 Å². The van der Waals surface area contributed by atoms with E-state index >= 15 is 0 Å². The van der Waals surface area contributed by atoms with Crippen molar-refractivity contribution in [3.05, 3.63) is 0 Å². The van der Waals surface area contributed by atoms with E-state index in [4.69, 9.17) is 29.5 Å². The number of hydrogen-bond acceptors (Lipinski definition) is 9. The summed E-state index contributed by atoms with van der Waals surface area (Å²) >= 11 is 0. The van der Waals surface area contributed by atoms with Crippen molar-refractivity contribution in [2.45, 2.75) is 0 Å². The molecule has 0 aliphatic carbocycles. The van der Waals surface area contributed by atoms with Gasteiger partial charge in [0.15, 0.2) is 0 Å². The van der Waals surface area contributed by atoms with E-state index in [0.29, 0.717) is 0 Å². The molecule has 0 fully saturated rings. The fourth-order valence-electron chi connectivity index (χ4n) is 1.46. The van der Waals surface area contributed by atoms with Gasteiger partial charge in [-0.15, -0.1) is 0 Å². The normalized spacial score (nSPS) is 10.1. The van der Waals surface area contributed by atoms with Gasteiger partial charge in [0.05, 0.1) is 25.0 Å². The van der Waals surface area contributed by atoms with Crippen LogP contribution < -0.4 is 69.3 Å². The number of aliphatic carboxylic acids is 4. The fourth-order valence-corrected chi connectivity index (χ4v) is 1.46. The number of carboxylic acid groups (broad SMARTS) is 4. The van der Waals surface area contributed by atoms with Crippen LogP contribution >= 0.6 is 7.82 Å². The zero-order chi connectivity index (χ0) is 20.2. The summed E-state index contributed by atoms with van der Waals surface area (Å²) in [7, 11) is -4.64. The minimum atomic E-state index is -4.64. The summed E-state index contributed by atoms with van der Waals surface area (Å²) in [6, 6.07) is 0. The summed E-state index contributed by atoms with van der Waals surface area (Å²) in [6.45, 7) is -2.75. The molecule has 150 valence electrons. The molecule has 5 N–H and O–H groups in total. The number of hydrogen-bond donors (Lipinski definition) is 5. The quantitative estimate of drug-likeness (QED) is 0.149. The zero-order valence-corrected chi connectivity index (χ0v) is 19.6. The molecule has 0 rings (SSSR count). The van der Waals surface area contributed by atoms with E-state index < -0.39 is 57.9 Å². The Bertz CT molecular complexity index is 469. The molecule has 0 spiro atoms. The molecule has 0 aromatic rings. The van der Waals surface area contributed by atoms with E-state index in [-0.39, 0.29) is 77.9 Å². The summed E-state index contributed by atoms with van der Waals surface area (Å²) in [4.78, 5) is 65.5. The second-order valence-electron chi connectivity index (χ2n) is 4.47. The van der Waals surface area contributed by atoms with Crippen LogP contribution in [-0.2, 0) is 23.7 Å². The van der Waals surface area contributed by atoms with Gasteiger partial charge < -0.3 is 47.5 Å². The average molecular weight is 438 g/mol. The van der Waals surface area contributed by atoms with E-state index in [1.165, 1.54) is 0 Å². The van der Waals surface area contributed by atoms with Gasteiger partial charge in [-0.2, -0.15) is 0 Å². The van der Waals surface area contributed by atoms with E-state index in [1.54, 1.807) is 0 Å². The van der Waals surface area contributed by atoms with Gasteiger partial charge in [0, 0.05) is 26.2 Å². The summed E-state index contributed by atoms with van der Waals surface area (Å²) in [5.74, 6) is -5.52. The van der Waals surface area contributed by atoms with Crippen molar-refractivity contribution in [1.82, 2.24) is 9.80 Å². The molecular formula is C10H21N2Na2O12P. The Morgan fingerprint density at radius 1 is 0.778 bits per heavy atom. The van der Waals surface area contributed by atoms with Gasteiger partial charge in [-0.05, 0) is 0 Å². The first kappa shape index (κ1) is 34.4. The van der Waals surface area contributed by atoms with Crippen molar-refractivity contribution in [1.29, 1.82) is 0 Å². The van der Waals surface area contributed by atoms with E-state index in [1.807, 2.05) is 0 Å². The van der Waals surface area contributed by atoms with Crippen molar-refractivity contribution in [2.75, 3.05) is 39.3 Å². The second-order valence-corrected chi connectivity index (χ2v) is 5.49. The third-order valence-electron chi connectivity index (χ3n) is 2.16. The molecule has 0 heterocycles. The summed E-state index contributed by atoms with van der Waals surface area (Å²) in [5.41, 5.74) is 0. The van der Waals surface area contributed by atoms with Crippen molar-refractivity contribution < 1.29 is 124 Å². The first-order valence-electron chi connectivity index (χ1n) is 6.27. The van der Waals surface area contributed by atoms with Gasteiger partial charge in [0.2, 0.25) is 0 Å². The second kappa shape index (κ2) is 18.0. The first-order chi connectivity index (χ1) is 11.2. The monoisotopic (exact) mass is 438 g/mol. The molecule has 0 atom stereocenters. The van der Waals surface area contributed by atoms with E-state index in [9.17, 15) is 29.4 Å². The molecule has 0 bridgehead atoms. The Morgan fingerprint density at radius 2 is 1.00 bits per heavy atom. The fraction of sp³-hybridized carbons (Fsp3) is 0.600. The third kappa shape index (κ3) is 33.9. The number of rotatable bonds is 11. The SMILES string of the molecule is O=C([O-])CN(CCN(CC(=O)O)CC(=O)O)CC(=O)[O-].O=P(O)(O)O.[H+].[H+].[H-].[H-].[Na+].[Na+]. The number of phosphoric acid groups is 1. The van der Waals surface area contributed by atoms with Crippen LogP contribution in [-0.4, -0.2) is 97.8 Å². The summed E-state index contributed by atoms with van der Waals surface area (Å²) < 4.78 is 8.88. The largest absolute Gasteiger partial charge is 1.00 e. The van der Waals surface area contributed by atoms with Crippen molar-refractivity contribution >= 4 is 31.7 Å². The molecule has 0 aliphatic rings. The Morgan fingerprint density at radius 3 is 1.19 bits per heavy atom. The number of carbonyl (C=O) groups excluding carboxylic acids is 2. The van der Waals surface area contributed by atoms with Crippen LogP contribution in [0.2, 0.25) is 0 Å². The predicted molar refractivity (Wildman–Crippen MR) is 76.9 cm³/mol. The van der Waals surface area contributed by atoms with Crippen LogP contribution in [0, 0.1) is 0 Å². The minimum absolute atomic E-state index is 0.